The van der Waals surface area contributed by atoms with Gasteiger partial charge < -0.3 is 11.1 Å². The van der Waals surface area contributed by atoms with Crippen LogP contribution < -0.4 is 11.1 Å². The zero-order valence-electron chi connectivity index (χ0n) is 9.03. The van der Waals surface area contributed by atoms with Crippen LogP contribution in [0.3, 0.4) is 0 Å². The first-order chi connectivity index (χ1) is 6.87. The summed E-state index contributed by atoms with van der Waals surface area (Å²) >= 11 is 0. The quantitative estimate of drug-likeness (QED) is 0.676. The molecule has 0 bridgehead atoms. The lowest BCUT2D eigenvalue weighted by molar-refractivity contribution is 0.0921. The second kappa shape index (κ2) is 3.65. The van der Waals surface area contributed by atoms with Crippen molar-refractivity contribution in [1.82, 2.24) is 15.1 Å². The normalized spacial score (nSPS) is 10.8. The van der Waals surface area contributed by atoms with Gasteiger partial charge in [0, 0.05) is 7.05 Å². The SMILES string of the molecule is C#CC(C)(C)NC(=O)c1c(N)cnn1C. The van der Waals surface area contributed by atoms with Gasteiger partial charge in [-0.3, -0.25) is 9.48 Å². The van der Waals surface area contributed by atoms with Crippen LogP contribution in [0.25, 0.3) is 0 Å². The van der Waals surface area contributed by atoms with Gasteiger partial charge in [-0.05, 0) is 13.8 Å². The number of carbonyl (C=O) groups excluding carboxylic acids is 1. The lowest BCUT2D eigenvalue weighted by Crippen LogP contribution is -2.43. The number of hydrogen-bond acceptors (Lipinski definition) is 3. The van der Waals surface area contributed by atoms with E-state index in [1.54, 1.807) is 20.9 Å². The highest BCUT2D eigenvalue weighted by molar-refractivity contribution is 5.97. The maximum atomic E-state index is 11.8. The van der Waals surface area contributed by atoms with Crippen molar-refractivity contribution in [3.05, 3.63) is 11.9 Å². The Morgan fingerprint density at radius 1 is 1.73 bits per heavy atom. The molecule has 0 radical (unpaired) electrons. The van der Waals surface area contributed by atoms with Crippen LogP contribution in [0, 0.1) is 12.3 Å². The summed E-state index contributed by atoms with van der Waals surface area (Å²) < 4.78 is 1.41. The van der Waals surface area contributed by atoms with Gasteiger partial charge >= 0.3 is 0 Å². The van der Waals surface area contributed by atoms with Crippen LogP contribution in [0.15, 0.2) is 6.20 Å². The van der Waals surface area contributed by atoms with Crippen LogP contribution in [0.4, 0.5) is 5.69 Å². The molecular weight excluding hydrogens is 192 g/mol. The molecule has 1 amide bonds. The predicted octanol–water partition coefficient (Wildman–Crippen LogP) is 0.144. The molecule has 5 nitrogen and oxygen atoms in total. The third kappa shape index (κ3) is 2.29. The van der Waals surface area contributed by atoms with Crippen molar-refractivity contribution in [3.8, 4) is 12.3 Å². The zero-order valence-corrected chi connectivity index (χ0v) is 9.03. The van der Waals surface area contributed by atoms with E-state index in [9.17, 15) is 4.79 Å². The lowest BCUT2D eigenvalue weighted by atomic mass is 10.1. The molecule has 1 heterocycles. The molecule has 1 aromatic heterocycles. The average molecular weight is 206 g/mol. The molecule has 0 unspecified atom stereocenters. The maximum Gasteiger partial charge on any atom is 0.272 e. The minimum atomic E-state index is -0.701. The molecule has 0 saturated carbocycles. The molecule has 0 aliphatic heterocycles. The summed E-state index contributed by atoms with van der Waals surface area (Å²) in [6, 6.07) is 0. The highest BCUT2D eigenvalue weighted by atomic mass is 16.2. The van der Waals surface area contributed by atoms with Gasteiger partial charge in [0.1, 0.15) is 5.69 Å². The van der Waals surface area contributed by atoms with Gasteiger partial charge in [0.05, 0.1) is 17.4 Å². The summed E-state index contributed by atoms with van der Waals surface area (Å²) in [5, 5.41) is 6.55. The van der Waals surface area contributed by atoms with Crippen LogP contribution in [-0.4, -0.2) is 21.2 Å². The largest absolute Gasteiger partial charge is 0.396 e. The molecule has 0 aromatic carbocycles. The van der Waals surface area contributed by atoms with E-state index in [2.05, 4.69) is 16.3 Å². The first-order valence-electron chi connectivity index (χ1n) is 4.45. The maximum absolute atomic E-state index is 11.8. The number of aryl methyl sites for hydroxylation is 1. The molecule has 0 saturated heterocycles. The van der Waals surface area contributed by atoms with E-state index in [0.29, 0.717) is 11.4 Å². The highest BCUT2D eigenvalue weighted by Gasteiger charge is 2.22. The number of terminal acetylenes is 1. The Kier molecular flexibility index (Phi) is 2.71. The highest BCUT2D eigenvalue weighted by Crippen LogP contribution is 2.10. The number of nitrogen functional groups attached to an aromatic ring is 1. The fourth-order valence-electron chi connectivity index (χ4n) is 1.11. The van der Waals surface area contributed by atoms with Crippen LogP contribution in [0.5, 0.6) is 0 Å². The van der Waals surface area contributed by atoms with E-state index >= 15 is 0 Å². The number of nitrogens with two attached hydrogens (primary N) is 1. The van der Waals surface area contributed by atoms with Gasteiger partial charge in [-0.2, -0.15) is 5.10 Å². The Morgan fingerprint density at radius 2 is 2.33 bits per heavy atom. The van der Waals surface area contributed by atoms with Crippen molar-refractivity contribution in [2.24, 2.45) is 7.05 Å². The number of anilines is 1. The van der Waals surface area contributed by atoms with E-state index in [-0.39, 0.29) is 5.91 Å². The Hall–Kier alpha value is -1.96. The number of aromatic nitrogens is 2. The number of rotatable bonds is 2. The van der Waals surface area contributed by atoms with Crippen LogP contribution >= 0.6 is 0 Å². The summed E-state index contributed by atoms with van der Waals surface area (Å²) in [6.45, 7) is 3.47. The van der Waals surface area contributed by atoms with Gasteiger partial charge in [0.2, 0.25) is 0 Å². The Bertz CT molecular complexity index is 406. The first kappa shape index (κ1) is 11.1. The van der Waals surface area contributed by atoms with Crippen LogP contribution in [0.2, 0.25) is 0 Å². The fourth-order valence-corrected chi connectivity index (χ4v) is 1.11. The number of nitrogens with one attached hydrogen (secondary N) is 1. The second-order valence-corrected chi connectivity index (χ2v) is 3.80. The topological polar surface area (TPSA) is 72.9 Å². The standard InChI is InChI=1S/C10H14N4O/c1-5-10(2,3)13-9(15)8-7(11)6-12-14(8)4/h1,6H,11H2,2-4H3,(H,13,15). The van der Waals surface area contributed by atoms with Gasteiger partial charge in [-0.25, -0.2) is 0 Å². The summed E-state index contributed by atoms with van der Waals surface area (Å²) in [5.41, 5.74) is 5.56. The fraction of sp³-hybridized carbons (Fsp3) is 0.400. The van der Waals surface area contributed by atoms with E-state index in [0.717, 1.165) is 0 Å². The van der Waals surface area contributed by atoms with E-state index < -0.39 is 5.54 Å². The molecule has 0 aliphatic carbocycles. The minimum absolute atomic E-state index is 0.318. The minimum Gasteiger partial charge on any atom is -0.396 e. The van der Waals surface area contributed by atoms with Gasteiger partial charge in [-0.1, -0.05) is 5.92 Å². The molecule has 0 spiro atoms. The zero-order chi connectivity index (χ0) is 11.6. The van der Waals surface area contributed by atoms with E-state index in [4.69, 9.17) is 12.2 Å². The Balaban J connectivity index is 2.93. The number of carbonyl (C=O) groups is 1. The predicted molar refractivity (Wildman–Crippen MR) is 58.0 cm³/mol. The molecule has 1 aromatic rings. The monoisotopic (exact) mass is 206 g/mol. The summed E-state index contributed by atoms with van der Waals surface area (Å²) in [7, 11) is 1.65. The molecule has 5 heteroatoms. The van der Waals surface area contributed by atoms with Crippen molar-refractivity contribution in [1.29, 1.82) is 0 Å². The summed E-state index contributed by atoms with van der Waals surface area (Å²) in [6.07, 6.45) is 6.69. The summed E-state index contributed by atoms with van der Waals surface area (Å²) in [4.78, 5) is 11.8. The van der Waals surface area contributed by atoms with Crippen molar-refractivity contribution in [2.45, 2.75) is 19.4 Å². The first-order valence-corrected chi connectivity index (χ1v) is 4.45. The van der Waals surface area contributed by atoms with Gasteiger partial charge in [0.15, 0.2) is 0 Å². The molecule has 15 heavy (non-hydrogen) atoms. The molecule has 0 atom stereocenters. The average Bonchev–Trinajstić information content (AvgIpc) is 2.45. The van der Waals surface area contributed by atoms with E-state index in [1.165, 1.54) is 10.9 Å². The third-order valence-electron chi connectivity index (χ3n) is 1.97. The Labute approximate surface area is 88.6 Å². The molecular formula is C10H14N4O. The molecule has 0 fully saturated rings. The van der Waals surface area contributed by atoms with Crippen molar-refractivity contribution in [2.75, 3.05) is 5.73 Å². The molecule has 0 aliphatic rings. The molecule has 3 N–H and O–H groups in total. The number of hydrogen-bond donors (Lipinski definition) is 2. The van der Waals surface area contributed by atoms with Crippen molar-refractivity contribution >= 4 is 11.6 Å². The Morgan fingerprint density at radius 3 is 2.73 bits per heavy atom. The molecule has 80 valence electrons. The van der Waals surface area contributed by atoms with Gasteiger partial charge in [0.25, 0.3) is 5.91 Å². The smallest absolute Gasteiger partial charge is 0.272 e. The molecule has 1 rings (SSSR count). The third-order valence-corrected chi connectivity index (χ3v) is 1.97. The lowest BCUT2D eigenvalue weighted by Gasteiger charge is -2.19. The second-order valence-electron chi connectivity index (χ2n) is 3.80. The number of amides is 1. The summed E-state index contributed by atoms with van der Waals surface area (Å²) in [5.74, 6) is 2.15. The van der Waals surface area contributed by atoms with Crippen molar-refractivity contribution < 1.29 is 4.79 Å². The van der Waals surface area contributed by atoms with E-state index in [1.807, 2.05) is 0 Å². The van der Waals surface area contributed by atoms with Crippen molar-refractivity contribution in [3.63, 3.8) is 0 Å². The van der Waals surface area contributed by atoms with Crippen LogP contribution in [-0.2, 0) is 7.05 Å². The van der Waals surface area contributed by atoms with Gasteiger partial charge in [-0.15, -0.1) is 6.42 Å². The number of nitrogens with zero attached hydrogens (tertiary/aromatic N) is 2. The van der Waals surface area contributed by atoms with Crippen LogP contribution in [0.1, 0.15) is 24.3 Å².